The van der Waals surface area contributed by atoms with Gasteiger partial charge in [-0.15, -0.1) is 0 Å². The summed E-state index contributed by atoms with van der Waals surface area (Å²) >= 11 is 7.21. The van der Waals surface area contributed by atoms with Gasteiger partial charge in [-0.2, -0.15) is 0 Å². The van der Waals surface area contributed by atoms with Crippen molar-refractivity contribution in [2.24, 2.45) is 0 Å². The first-order valence-electron chi connectivity index (χ1n) is 8.73. The van der Waals surface area contributed by atoms with Crippen LogP contribution in [0.25, 0.3) is 21.8 Å². The molecule has 0 radical (unpaired) electrons. The molecule has 5 rings (SSSR count). The number of hydrogen-bond acceptors (Lipinski definition) is 3. The summed E-state index contributed by atoms with van der Waals surface area (Å²) in [6, 6.07) is 22.8. The number of nitrogens with one attached hydrogen (secondary N) is 2. The van der Waals surface area contributed by atoms with Crippen LogP contribution in [0.4, 0.5) is 0 Å². The summed E-state index contributed by atoms with van der Waals surface area (Å²) in [7, 11) is 0. The monoisotopic (exact) mass is 485 g/mol. The van der Waals surface area contributed by atoms with Crippen LogP contribution in [0.1, 0.15) is 0 Å². The van der Waals surface area contributed by atoms with E-state index in [0.717, 1.165) is 21.2 Å². The van der Waals surface area contributed by atoms with Crippen molar-refractivity contribution in [1.82, 2.24) is 15.4 Å². The summed E-state index contributed by atoms with van der Waals surface area (Å²) in [5, 5.41) is 2.47. The minimum atomic E-state index is -0.269. The normalized spacial score (nSPS) is 15.3. The van der Waals surface area contributed by atoms with E-state index in [-0.39, 0.29) is 5.66 Å². The molecule has 1 fully saturated rings. The van der Waals surface area contributed by atoms with E-state index >= 15 is 0 Å². The Bertz CT molecular complexity index is 1080. The summed E-state index contributed by atoms with van der Waals surface area (Å²) in [4.78, 5) is 0. The number of para-hydroxylation sites is 1. The van der Waals surface area contributed by atoms with Gasteiger partial charge in [-0.05, 0) is 48.5 Å². The van der Waals surface area contributed by atoms with Crippen molar-refractivity contribution in [3.05, 3.63) is 75.7 Å². The van der Waals surface area contributed by atoms with Crippen LogP contribution in [0.3, 0.4) is 0 Å². The predicted octanol–water partition coefficient (Wildman–Crippen LogP) is 5.20. The van der Waals surface area contributed by atoms with E-state index in [1.54, 1.807) is 0 Å². The lowest BCUT2D eigenvalue weighted by Gasteiger charge is -2.16. The van der Waals surface area contributed by atoms with Gasteiger partial charge in [0.15, 0.2) is 0 Å². The average Bonchev–Trinajstić information content (AvgIpc) is 3.39. The number of rotatable bonds is 5. The Morgan fingerprint density at radius 3 is 1.96 bits per heavy atom. The number of benzene rings is 3. The number of halogens is 2. The first-order valence-corrected chi connectivity index (χ1v) is 10.3. The van der Waals surface area contributed by atoms with E-state index in [0.29, 0.717) is 6.61 Å². The molecular formula is C21H17Br2N3O. The Hall–Kier alpha value is -1.86. The van der Waals surface area contributed by atoms with Crippen LogP contribution in [0.15, 0.2) is 75.7 Å². The van der Waals surface area contributed by atoms with Gasteiger partial charge in [-0.3, -0.25) is 0 Å². The zero-order valence-corrected chi connectivity index (χ0v) is 17.5. The van der Waals surface area contributed by atoms with Gasteiger partial charge in [-0.25, -0.2) is 10.9 Å². The van der Waals surface area contributed by atoms with Crippen molar-refractivity contribution in [2.45, 2.75) is 12.2 Å². The van der Waals surface area contributed by atoms with Gasteiger partial charge in [0.25, 0.3) is 0 Å². The minimum Gasteiger partial charge on any atom is -0.490 e. The number of hydrazine groups is 1. The highest BCUT2D eigenvalue weighted by Gasteiger charge is 2.44. The Morgan fingerprint density at radius 1 is 0.815 bits per heavy atom. The lowest BCUT2D eigenvalue weighted by atomic mass is 10.2. The molecule has 0 saturated carbocycles. The molecule has 1 aromatic heterocycles. The Balaban J connectivity index is 1.52. The summed E-state index contributed by atoms with van der Waals surface area (Å²) in [6.45, 7) is 1.31. The van der Waals surface area contributed by atoms with Gasteiger partial charge in [0.2, 0.25) is 0 Å². The van der Waals surface area contributed by atoms with Crippen molar-refractivity contribution in [3.63, 3.8) is 0 Å². The molecule has 0 unspecified atom stereocenters. The average molecular weight is 487 g/mol. The molecule has 27 heavy (non-hydrogen) atoms. The summed E-state index contributed by atoms with van der Waals surface area (Å²) in [6.07, 6.45) is 0. The standard InChI is InChI=1S/C21H17Br2N3O/c22-14-6-8-19-17(10-14)18-11-15(23)7-9-20(18)26(19)12-21(24-25-21)13-27-16-4-2-1-3-5-16/h1-11,24-25H,12-13H2. The number of ether oxygens (including phenoxy) is 1. The molecule has 3 aromatic carbocycles. The molecule has 136 valence electrons. The van der Waals surface area contributed by atoms with Crippen LogP contribution >= 0.6 is 31.9 Å². The van der Waals surface area contributed by atoms with E-state index in [1.165, 1.54) is 21.8 Å². The fourth-order valence-corrected chi connectivity index (χ4v) is 4.22. The summed E-state index contributed by atoms with van der Waals surface area (Å²) < 4.78 is 10.5. The molecule has 0 amide bonds. The summed E-state index contributed by atoms with van der Waals surface area (Å²) in [5.74, 6) is 0.877. The molecule has 2 heterocycles. The third kappa shape index (κ3) is 3.27. The van der Waals surface area contributed by atoms with Crippen molar-refractivity contribution >= 4 is 53.7 Å². The molecule has 0 aliphatic carbocycles. The highest BCUT2D eigenvalue weighted by Crippen LogP contribution is 2.34. The van der Waals surface area contributed by atoms with Crippen molar-refractivity contribution in [1.29, 1.82) is 0 Å². The van der Waals surface area contributed by atoms with Gasteiger partial charge in [0.05, 0.1) is 6.54 Å². The third-order valence-electron chi connectivity index (χ3n) is 4.92. The second kappa shape index (κ2) is 6.63. The third-order valence-corrected chi connectivity index (χ3v) is 5.91. The topological polar surface area (TPSA) is 58.0 Å². The van der Waals surface area contributed by atoms with E-state index in [9.17, 15) is 0 Å². The minimum absolute atomic E-state index is 0.269. The van der Waals surface area contributed by atoms with Crippen LogP contribution < -0.4 is 15.6 Å². The van der Waals surface area contributed by atoms with Crippen LogP contribution in [0.2, 0.25) is 0 Å². The molecule has 4 nitrogen and oxygen atoms in total. The van der Waals surface area contributed by atoms with Crippen LogP contribution in [-0.2, 0) is 6.54 Å². The largest absolute Gasteiger partial charge is 0.490 e. The molecule has 1 aliphatic rings. The molecule has 0 spiro atoms. The van der Waals surface area contributed by atoms with E-state index < -0.39 is 0 Å². The SMILES string of the molecule is Brc1ccc2c(c1)c1cc(Br)ccc1n2CC1(COc2ccccc2)NN1. The lowest BCUT2D eigenvalue weighted by Crippen LogP contribution is -2.32. The maximum Gasteiger partial charge on any atom is 0.147 e. The molecule has 4 aromatic rings. The number of aromatic nitrogens is 1. The molecule has 0 atom stereocenters. The zero-order valence-electron chi connectivity index (χ0n) is 14.4. The fraction of sp³-hybridized carbons (Fsp3) is 0.143. The second-order valence-corrected chi connectivity index (χ2v) is 8.67. The highest BCUT2D eigenvalue weighted by atomic mass is 79.9. The van der Waals surface area contributed by atoms with Gasteiger partial charge in [-0.1, -0.05) is 50.1 Å². The Morgan fingerprint density at radius 2 is 1.41 bits per heavy atom. The number of fused-ring (bicyclic) bond motifs is 3. The number of hydrogen-bond donors (Lipinski definition) is 2. The Labute approximate surface area is 173 Å². The zero-order chi connectivity index (χ0) is 18.4. The highest BCUT2D eigenvalue weighted by molar-refractivity contribution is 9.10. The van der Waals surface area contributed by atoms with Crippen LogP contribution in [0.5, 0.6) is 5.75 Å². The molecule has 2 N–H and O–H groups in total. The maximum absolute atomic E-state index is 5.99. The first kappa shape index (κ1) is 17.3. The molecule has 0 bridgehead atoms. The van der Waals surface area contributed by atoms with E-state index in [1.807, 2.05) is 30.3 Å². The maximum atomic E-state index is 5.99. The molecular weight excluding hydrogens is 470 g/mol. The molecule has 1 saturated heterocycles. The first-order chi connectivity index (χ1) is 13.1. The van der Waals surface area contributed by atoms with Gasteiger partial charge < -0.3 is 9.30 Å². The molecule has 1 aliphatic heterocycles. The quantitative estimate of drug-likeness (QED) is 0.381. The van der Waals surface area contributed by atoms with Gasteiger partial charge in [0, 0.05) is 30.8 Å². The lowest BCUT2D eigenvalue weighted by molar-refractivity contribution is 0.255. The Kier molecular flexibility index (Phi) is 4.24. The smallest absolute Gasteiger partial charge is 0.147 e. The second-order valence-electron chi connectivity index (χ2n) is 6.84. The van der Waals surface area contributed by atoms with Crippen molar-refractivity contribution in [3.8, 4) is 5.75 Å². The van der Waals surface area contributed by atoms with Crippen molar-refractivity contribution < 1.29 is 4.74 Å². The van der Waals surface area contributed by atoms with E-state index in [4.69, 9.17) is 4.74 Å². The van der Waals surface area contributed by atoms with Crippen LogP contribution in [0, 0.1) is 0 Å². The summed E-state index contributed by atoms with van der Waals surface area (Å²) in [5.41, 5.74) is 8.74. The van der Waals surface area contributed by atoms with Gasteiger partial charge in [0.1, 0.15) is 18.0 Å². The fourth-order valence-electron chi connectivity index (χ4n) is 3.50. The van der Waals surface area contributed by atoms with Gasteiger partial charge >= 0.3 is 0 Å². The molecule has 6 heteroatoms. The van der Waals surface area contributed by atoms with Crippen molar-refractivity contribution in [2.75, 3.05) is 6.61 Å². The number of nitrogens with zero attached hydrogens (tertiary/aromatic N) is 1. The van der Waals surface area contributed by atoms with Crippen LogP contribution in [-0.4, -0.2) is 16.8 Å². The predicted molar refractivity (Wildman–Crippen MR) is 116 cm³/mol. The van der Waals surface area contributed by atoms with E-state index in [2.05, 4.69) is 83.7 Å².